The Morgan fingerprint density at radius 2 is 1.72 bits per heavy atom. The number of aliphatic hydroxyl groups is 1. The standard InChI is InChI=1S/C21H35N3O3S.HI/c1-3-22-20(24-17-21(13-14-25)11-5-4-6-12-21)23-15-18-7-9-19(10-8-18)16-28(2,26)27;/h7-10,25H,3-6,11-17H2,1-2H3,(H2,22,23,24);1H. The van der Waals surface area contributed by atoms with Gasteiger partial charge < -0.3 is 15.7 Å². The number of aliphatic hydroxyl groups excluding tert-OH is 1. The maximum Gasteiger partial charge on any atom is 0.191 e. The number of rotatable bonds is 9. The zero-order valence-electron chi connectivity index (χ0n) is 17.6. The second-order valence-electron chi connectivity index (χ2n) is 7.97. The van der Waals surface area contributed by atoms with Crippen LogP contribution in [0.4, 0.5) is 0 Å². The number of hydrogen-bond donors (Lipinski definition) is 3. The van der Waals surface area contributed by atoms with Crippen LogP contribution < -0.4 is 10.6 Å². The molecule has 1 saturated carbocycles. The SMILES string of the molecule is CCNC(=NCc1ccc(CS(C)(=O)=O)cc1)NCC1(CCO)CCCCC1.I. The van der Waals surface area contributed by atoms with Gasteiger partial charge in [0.1, 0.15) is 0 Å². The summed E-state index contributed by atoms with van der Waals surface area (Å²) in [5.41, 5.74) is 2.00. The molecule has 0 unspecified atom stereocenters. The van der Waals surface area contributed by atoms with Crippen molar-refractivity contribution >= 4 is 39.8 Å². The Morgan fingerprint density at radius 1 is 1.10 bits per heavy atom. The molecule has 6 nitrogen and oxygen atoms in total. The van der Waals surface area contributed by atoms with Crippen LogP contribution in [0, 0.1) is 5.41 Å². The van der Waals surface area contributed by atoms with E-state index in [-0.39, 0.29) is 41.8 Å². The van der Waals surface area contributed by atoms with Gasteiger partial charge in [-0.3, -0.25) is 0 Å². The minimum Gasteiger partial charge on any atom is -0.396 e. The summed E-state index contributed by atoms with van der Waals surface area (Å²) in [4.78, 5) is 4.68. The van der Waals surface area contributed by atoms with Crippen LogP contribution in [0.25, 0.3) is 0 Å². The molecule has 8 heteroatoms. The van der Waals surface area contributed by atoms with Crippen molar-refractivity contribution in [1.82, 2.24) is 10.6 Å². The second kappa shape index (κ2) is 12.7. The highest BCUT2D eigenvalue weighted by Gasteiger charge is 2.31. The van der Waals surface area contributed by atoms with Crippen LogP contribution in [0.15, 0.2) is 29.3 Å². The van der Waals surface area contributed by atoms with E-state index in [4.69, 9.17) is 0 Å². The molecule has 0 saturated heterocycles. The van der Waals surface area contributed by atoms with Gasteiger partial charge in [0, 0.05) is 26.0 Å². The minimum atomic E-state index is -3.02. The molecule has 0 atom stereocenters. The Labute approximate surface area is 192 Å². The average molecular weight is 538 g/mol. The van der Waals surface area contributed by atoms with Gasteiger partial charge in [-0.05, 0) is 42.7 Å². The van der Waals surface area contributed by atoms with Crippen molar-refractivity contribution in [3.8, 4) is 0 Å². The van der Waals surface area contributed by atoms with Crippen LogP contribution in [-0.4, -0.2) is 45.4 Å². The lowest BCUT2D eigenvalue weighted by Gasteiger charge is -2.37. The van der Waals surface area contributed by atoms with Gasteiger partial charge in [-0.15, -0.1) is 24.0 Å². The van der Waals surface area contributed by atoms with Crippen molar-refractivity contribution in [3.05, 3.63) is 35.4 Å². The van der Waals surface area contributed by atoms with Gasteiger partial charge in [-0.2, -0.15) is 0 Å². The Kier molecular flexibility index (Phi) is 11.5. The third-order valence-electron chi connectivity index (χ3n) is 5.40. The van der Waals surface area contributed by atoms with Gasteiger partial charge in [0.05, 0.1) is 12.3 Å². The first-order chi connectivity index (χ1) is 13.4. The van der Waals surface area contributed by atoms with Gasteiger partial charge in [-0.25, -0.2) is 13.4 Å². The first-order valence-electron chi connectivity index (χ1n) is 10.2. The summed E-state index contributed by atoms with van der Waals surface area (Å²) >= 11 is 0. The summed E-state index contributed by atoms with van der Waals surface area (Å²) in [6.07, 6.45) is 8.14. The highest BCUT2D eigenvalue weighted by molar-refractivity contribution is 14.0. The predicted molar refractivity (Wildman–Crippen MR) is 130 cm³/mol. The maximum absolute atomic E-state index is 11.4. The monoisotopic (exact) mass is 537 g/mol. The molecule has 2 rings (SSSR count). The molecular weight excluding hydrogens is 501 g/mol. The van der Waals surface area contributed by atoms with Crippen LogP contribution in [0.2, 0.25) is 0 Å². The van der Waals surface area contributed by atoms with E-state index in [9.17, 15) is 13.5 Å². The predicted octanol–water partition coefficient (Wildman–Crippen LogP) is 3.24. The highest BCUT2D eigenvalue weighted by Crippen LogP contribution is 2.38. The smallest absolute Gasteiger partial charge is 0.191 e. The van der Waals surface area contributed by atoms with Crippen molar-refractivity contribution in [2.24, 2.45) is 10.4 Å². The van der Waals surface area contributed by atoms with Crippen LogP contribution in [0.1, 0.15) is 56.6 Å². The molecule has 1 aliphatic carbocycles. The number of nitrogens with one attached hydrogen (secondary N) is 2. The van der Waals surface area contributed by atoms with Crippen LogP contribution in [-0.2, 0) is 22.1 Å². The Bertz CT molecular complexity index is 725. The van der Waals surface area contributed by atoms with E-state index in [1.54, 1.807) is 0 Å². The van der Waals surface area contributed by atoms with Crippen molar-refractivity contribution in [2.75, 3.05) is 26.0 Å². The summed E-state index contributed by atoms with van der Waals surface area (Å²) in [6.45, 7) is 4.41. The van der Waals surface area contributed by atoms with Gasteiger partial charge in [0.2, 0.25) is 0 Å². The zero-order valence-corrected chi connectivity index (χ0v) is 20.8. The number of nitrogens with zero attached hydrogens (tertiary/aromatic N) is 1. The van der Waals surface area contributed by atoms with Crippen LogP contribution in [0.3, 0.4) is 0 Å². The number of benzene rings is 1. The molecule has 1 fully saturated rings. The summed E-state index contributed by atoms with van der Waals surface area (Å²) in [7, 11) is -3.02. The fourth-order valence-corrected chi connectivity index (χ4v) is 4.68. The Hall–Kier alpha value is -0.870. The van der Waals surface area contributed by atoms with E-state index in [1.165, 1.54) is 25.5 Å². The lowest BCUT2D eigenvalue weighted by molar-refractivity contribution is 0.131. The summed E-state index contributed by atoms with van der Waals surface area (Å²) < 4.78 is 22.8. The molecule has 1 aromatic carbocycles. The third kappa shape index (κ3) is 9.65. The fourth-order valence-electron chi connectivity index (χ4n) is 3.88. The van der Waals surface area contributed by atoms with Gasteiger partial charge in [0.15, 0.2) is 15.8 Å². The molecule has 0 heterocycles. The van der Waals surface area contributed by atoms with E-state index < -0.39 is 9.84 Å². The maximum atomic E-state index is 11.4. The fraction of sp³-hybridized carbons (Fsp3) is 0.667. The van der Waals surface area contributed by atoms with Crippen molar-refractivity contribution in [3.63, 3.8) is 0 Å². The number of halogens is 1. The molecule has 0 spiro atoms. The van der Waals surface area contributed by atoms with E-state index in [0.29, 0.717) is 6.54 Å². The molecule has 0 bridgehead atoms. The lowest BCUT2D eigenvalue weighted by Crippen LogP contribution is -2.44. The van der Waals surface area contributed by atoms with E-state index in [0.717, 1.165) is 49.4 Å². The third-order valence-corrected chi connectivity index (χ3v) is 6.26. The molecule has 29 heavy (non-hydrogen) atoms. The summed E-state index contributed by atoms with van der Waals surface area (Å²) in [5, 5.41) is 16.3. The quantitative estimate of drug-likeness (QED) is 0.256. The Balaban J connectivity index is 0.00000420. The average Bonchev–Trinajstić information content (AvgIpc) is 2.65. The van der Waals surface area contributed by atoms with E-state index in [1.807, 2.05) is 31.2 Å². The molecule has 1 aliphatic rings. The van der Waals surface area contributed by atoms with Crippen molar-refractivity contribution in [1.29, 1.82) is 0 Å². The van der Waals surface area contributed by atoms with Crippen molar-refractivity contribution in [2.45, 2.75) is 57.7 Å². The number of guanidine groups is 1. The highest BCUT2D eigenvalue weighted by atomic mass is 127. The topological polar surface area (TPSA) is 90.8 Å². The van der Waals surface area contributed by atoms with Crippen LogP contribution >= 0.6 is 24.0 Å². The normalized spacial score (nSPS) is 16.7. The minimum absolute atomic E-state index is 0. The molecule has 0 aromatic heterocycles. The Morgan fingerprint density at radius 3 is 2.28 bits per heavy atom. The van der Waals surface area contributed by atoms with E-state index >= 15 is 0 Å². The lowest BCUT2D eigenvalue weighted by atomic mass is 9.72. The van der Waals surface area contributed by atoms with Crippen LogP contribution in [0.5, 0.6) is 0 Å². The number of aliphatic imine (C=N–C) groups is 1. The van der Waals surface area contributed by atoms with Gasteiger partial charge in [-0.1, -0.05) is 43.5 Å². The molecule has 1 aromatic rings. The van der Waals surface area contributed by atoms with Crippen molar-refractivity contribution < 1.29 is 13.5 Å². The molecular formula is C21H36IN3O3S. The summed E-state index contributed by atoms with van der Waals surface area (Å²) in [6, 6.07) is 7.57. The molecule has 0 aliphatic heterocycles. The van der Waals surface area contributed by atoms with E-state index in [2.05, 4.69) is 15.6 Å². The number of hydrogen-bond acceptors (Lipinski definition) is 4. The first-order valence-corrected chi connectivity index (χ1v) is 12.3. The zero-order chi connectivity index (χ0) is 20.5. The molecule has 166 valence electrons. The number of sulfone groups is 1. The molecule has 0 radical (unpaired) electrons. The second-order valence-corrected chi connectivity index (χ2v) is 10.1. The van der Waals surface area contributed by atoms with Gasteiger partial charge >= 0.3 is 0 Å². The van der Waals surface area contributed by atoms with Gasteiger partial charge in [0.25, 0.3) is 0 Å². The summed E-state index contributed by atoms with van der Waals surface area (Å²) in [5.74, 6) is 0.846. The molecule has 3 N–H and O–H groups in total. The molecule has 0 amide bonds. The first kappa shape index (κ1) is 26.2. The largest absolute Gasteiger partial charge is 0.396 e.